The van der Waals surface area contributed by atoms with Gasteiger partial charge in [-0.1, -0.05) is 44.2 Å². The molecule has 0 aliphatic rings. The lowest BCUT2D eigenvalue weighted by Gasteiger charge is -2.26. The monoisotopic (exact) mass is 315 g/mol. The third kappa shape index (κ3) is 5.27. The first-order chi connectivity index (χ1) is 11.1. The van der Waals surface area contributed by atoms with Crippen molar-refractivity contribution in [3.05, 3.63) is 60.2 Å². The van der Waals surface area contributed by atoms with Crippen LogP contribution in [-0.4, -0.2) is 30.9 Å². The number of methoxy groups -OCH3 is 1. The molecule has 2 rings (SSSR count). The Morgan fingerprint density at radius 1 is 1.00 bits per heavy atom. The average molecular weight is 315 g/mol. The van der Waals surface area contributed by atoms with E-state index in [0.29, 0.717) is 12.6 Å². The van der Waals surface area contributed by atoms with E-state index in [-0.39, 0.29) is 0 Å². The van der Waals surface area contributed by atoms with Crippen LogP contribution in [-0.2, 0) is 0 Å². The summed E-state index contributed by atoms with van der Waals surface area (Å²) in [5.41, 5.74) is 0.881. The normalized spacial score (nSPS) is 13.6. The molecule has 124 valence electrons. The van der Waals surface area contributed by atoms with Gasteiger partial charge in [0.15, 0.2) is 6.10 Å². The summed E-state index contributed by atoms with van der Waals surface area (Å²) in [6.07, 6.45) is -1.15. The van der Waals surface area contributed by atoms with Gasteiger partial charge in [-0.25, -0.2) is 0 Å². The summed E-state index contributed by atoms with van der Waals surface area (Å²) in [6, 6.07) is 17.4. The highest BCUT2D eigenvalue weighted by atomic mass is 16.5. The minimum absolute atomic E-state index is 0.298. The van der Waals surface area contributed by atoms with E-state index in [2.05, 4.69) is 5.32 Å². The highest BCUT2D eigenvalue weighted by molar-refractivity contribution is 5.32. The number of rotatable bonds is 8. The SMILES string of the molecule is COc1cccc(C(Oc2ccccc2)C(O)CNC(C)C)c1. The molecule has 0 saturated heterocycles. The van der Waals surface area contributed by atoms with Gasteiger partial charge in [0.2, 0.25) is 0 Å². The first-order valence-corrected chi connectivity index (χ1v) is 7.87. The molecule has 4 nitrogen and oxygen atoms in total. The van der Waals surface area contributed by atoms with Crippen molar-refractivity contribution in [2.45, 2.75) is 32.1 Å². The smallest absolute Gasteiger partial charge is 0.151 e. The number of aliphatic hydroxyl groups is 1. The Hall–Kier alpha value is -2.04. The number of benzene rings is 2. The lowest BCUT2D eigenvalue weighted by atomic mass is 10.0. The van der Waals surface area contributed by atoms with Gasteiger partial charge in [-0.3, -0.25) is 0 Å². The van der Waals surface area contributed by atoms with E-state index >= 15 is 0 Å². The summed E-state index contributed by atoms with van der Waals surface area (Å²) in [5.74, 6) is 1.47. The minimum atomic E-state index is -0.676. The van der Waals surface area contributed by atoms with E-state index in [1.807, 2.05) is 68.4 Å². The third-order valence-corrected chi connectivity index (χ3v) is 3.51. The third-order valence-electron chi connectivity index (χ3n) is 3.51. The van der Waals surface area contributed by atoms with Gasteiger partial charge in [0, 0.05) is 12.6 Å². The molecular weight excluding hydrogens is 290 g/mol. The highest BCUT2D eigenvalue weighted by Crippen LogP contribution is 2.27. The number of aliphatic hydroxyl groups excluding tert-OH is 1. The predicted octanol–water partition coefficient (Wildman–Crippen LogP) is 3.17. The van der Waals surface area contributed by atoms with Crippen molar-refractivity contribution in [3.63, 3.8) is 0 Å². The predicted molar refractivity (Wildman–Crippen MR) is 92.0 cm³/mol. The molecule has 23 heavy (non-hydrogen) atoms. The van der Waals surface area contributed by atoms with Crippen LogP contribution in [0.25, 0.3) is 0 Å². The van der Waals surface area contributed by atoms with Crippen LogP contribution in [0.4, 0.5) is 0 Å². The van der Waals surface area contributed by atoms with Gasteiger partial charge in [0.25, 0.3) is 0 Å². The van der Waals surface area contributed by atoms with Gasteiger partial charge in [0.1, 0.15) is 17.6 Å². The van der Waals surface area contributed by atoms with Crippen molar-refractivity contribution in [1.29, 1.82) is 0 Å². The second kappa shape index (κ2) is 8.56. The van der Waals surface area contributed by atoms with E-state index < -0.39 is 12.2 Å². The number of hydrogen-bond donors (Lipinski definition) is 2. The average Bonchev–Trinajstić information content (AvgIpc) is 2.58. The first-order valence-electron chi connectivity index (χ1n) is 7.87. The van der Waals surface area contributed by atoms with E-state index in [0.717, 1.165) is 17.1 Å². The molecule has 2 aromatic carbocycles. The van der Waals surface area contributed by atoms with Gasteiger partial charge in [-0.2, -0.15) is 0 Å². The quantitative estimate of drug-likeness (QED) is 0.785. The molecule has 0 spiro atoms. The van der Waals surface area contributed by atoms with Gasteiger partial charge in [-0.05, 0) is 29.8 Å². The zero-order valence-corrected chi connectivity index (χ0v) is 13.9. The second-order valence-electron chi connectivity index (χ2n) is 5.76. The van der Waals surface area contributed by atoms with Crippen LogP contribution in [0.15, 0.2) is 54.6 Å². The Morgan fingerprint density at radius 3 is 2.35 bits per heavy atom. The van der Waals surface area contributed by atoms with E-state index in [9.17, 15) is 5.11 Å². The summed E-state index contributed by atoms with van der Waals surface area (Å²) < 4.78 is 11.3. The van der Waals surface area contributed by atoms with Gasteiger partial charge in [-0.15, -0.1) is 0 Å². The van der Waals surface area contributed by atoms with Crippen LogP contribution in [0.5, 0.6) is 11.5 Å². The molecule has 2 aromatic rings. The molecule has 0 amide bonds. The summed E-state index contributed by atoms with van der Waals surface area (Å²) in [6.45, 7) is 4.54. The molecule has 2 N–H and O–H groups in total. The number of hydrogen-bond acceptors (Lipinski definition) is 4. The van der Waals surface area contributed by atoms with Crippen molar-refractivity contribution in [1.82, 2.24) is 5.32 Å². The largest absolute Gasteiger partial charge is 0.497 e. The van der Waals surface area contributed by atoms with E-state index in [4.69, 9.17) is 9.47 Å². The standard InChI is InChI=1S/C19H25NO3/c1-14(2)20-13-18(21)19(23-16-9-5-4-6-10-16)15-8-7-11-17(12-15)22-3/h4-12,14,18-21H,13H2,1-3H3. The van der Waals surface area contributed by atoms with Crippen molar-refractivity contribution >= 4 is 0 Å². The lowest BCUT2D eigenvalue weighted by molar-refractivity contribution is 0.0345. The molecule has 0 aromatic heterocycles. The number of para-hydroxylation sites is 1. The Balaban J connectivity index is 2.22. The van der Waals surface area contributed by atoms with Crippen molar-refractivity contribution in [2.24, 2.45) is 0 Å². The van der Waals surface area contributed by atoms with Crippen LogP contribution in [0, 0.1) is 0 Å². The lowest BCUT2D eigenvalue weighted by Crippen LogP contribution is -2.37. The molecule has 0 aliphatic heterocycles. The molecule has 0 aliphatic carbocycles. The van der Waals surface area contributed by atoms with Gasteiger partial charge < -0.3 is 19.9 Å². The summed E-state index contributed by atoms with van der Waals surface area (Å²) in [4.78, 5) is 0. The minimum Gasteiger partial charge on any atom is -0.497 e. The molecule has 0 heterocycles. The maximum Gasteiger partial charge on any atom is 0.151 e. The summed E-state index contributed by atoms with van der Waals surface area (Å²) in [5, 5.41) is 13.9. The zero-order valence-electron chi connectivity index (χ0n) is 13.9. The van der Waals surface area contributed by atoms with Crippen molar-refractivity contribution in [3.8, 4) is 11.5 Å². The number of nitrogens with one attached hydrogen (secondary N) is 1. The molecule has 2 unspecified atom stereocenters. The fraction of sp³-hybridized carbons (Fsp3) is 0.368. The molecule has 2 atom stereocenters. The topological polar surface area (TPSA) is 50.7 Å². The Kier molecular flexibility index (Phi) is 6.44. The fourth-order valence-corrected chi connectivity index (χ4v) is 2.30. The molecule has 0 saturated carbocycles. The molecule has 0 fully saturated rings. The Morgan fingerprint density at radius 2 is 1.70 bits per heavy atom. The van der Waals surface area contributed by atoms with Crippen LogP contribution < -0.4 is 14.8 Å². The molecular formula is C19H25NO3. The van der Waals surface area contributed by atoms with Crippen LogP contribution in [0.2, 0.25) is 0 Å². The Bertz CT molecular complexity index is 586. The first kappa shape index (κ1) is 17.3. The van der Waals surface area contributed by atoms with Crippen molar-refractivity contribution in [2.75, 3.05) is 13.7 Å². The van der Waals surface area contributed by atoms with Crippen LogP contribution in [0.1, 0.15) is 25.5 Å². The van der Waals surface area contributed by atoms with E-state index in [1.165, 1.54) is 0 Å². The number of ether oxygens (including phenoxy) is 2. The van der Waals surface area contributed by atoms with Crippen LogP contribution >= 0.6 is 0 Å². The maximum atomic E-state index is 10.6. The van der Waals surface area contributed by atoms with Crippen LogP contribution in [0.3, 0.4) is 0 Å². The maximum absolute atomic E-state index is 10.6. The molecule has 0 radical (unpaired) electrons. The van der Waals surface area contributed by atoms with Gasteiger partial charge in [0.05, 0.1) is 7.11 Å². The fourth-order valence-electron chi connectivity index (χ4n) is 2.30. The second-order valence-corrected chi connectivity index (χ2v) is 5.76. The molecule has 4 heteroatoms. The summed E-state index contributed by atoms with van der Waals surface area (Å²) in [7, 11) is 1.63. The van der Waals surface area contributed by atoms with Crippen molar-refractivity contribution < 1.29 is 14.6 Å². The van der Waals surface area contributed by atoms with E-state index in [1.54, 1.807) is 7.11 Å². The highest BCUT2D eigenvalue weighted by Gasteiger charge is 2.24. The molecule has 0 bridgehead atoms. The Labute approximate surface area is 138 Å². The van der Waals surface area contributed by atoms with Gasteiger partial charge >= 0.3 is 0 Å². The summed E-state index contributed by atoms with van der Waals surface area (Å²) >= 11 is 0. The zero-order chi connectivity index (χ0) is 16.7.